The quantitative estimate of drug-likeness (QED) is 0.484. The first-order chi connectivity index (χ1) is 16.3. The zero-order valence-electron chi connectivity index (χ0n) is 19.7. The molecule has 1 unspecified atom stereocenters. The van der Waals surface area contributed by atoms with Crippen LogP contribution >= 0.6 is 11.3 Å². The topological polar surface area (TPSA) is 71.7 Å². The first-order valence-electron chi connectivity index (χ1n) is 11.5. The van der Waals surface area contributed by atoms with Crippen molar-refractivity contribution in [1.82, 2.24) is 8.87 Å². The Morgan fingerprint density at radius 3 is 2.62 bits per heavy atom. The van der Waals surface area contributed by atoms with Gasteiger partial charge >= 0.3 is 0 Å². The first kappa shape index (κ1) is 24.4. The van der Waals surface area contributed by atoms with Crippen molar-refractivity contribution in [2.45, 2.75) is 63.9 Å². The van der Waals surface area contributed by atoms with Crippen molar-refractivity contribution in [2.24, 2.45) is 4.99 Å². The van der Waals surface area contributed by atoms with E-state index in [1.807, 2.05) is 25.3 Å². The molecule has 1 aliphatic heterocycles. The number of fused-ring (bicyclic) bond motifs is 1. The SMILES string of the molecule is C#CCn1c(=NC(=O)c2ccc(S(=O)(=O)N3CCCCC3CC)cc2)sc2cc(C)cc(C)c21. The van der Waals surface area contributed by atoms with Crippen LogP contribution in [0.5, 0.6) is 0 Å². The highest BCUT2D eigenvalue weighted by atomic mass is 32.2. The maximum absolute atomic E-state index is 13.2. The van der Waals surface area contributed by atoms with E-state index in [4.69, 9.17) is 6.42 Å². The molecule has 1 fully saturated rings. The number of terminal acetylenes is 1. The van der Waals surface area contributed by atoms with Gasteiger partial charge in [-0.2, -0.15) is 9.30 Å². The van der Waals surface area contributed by atoms with Crippen molar-refractivity contribution >= 4 is 37.5 Å². The lowest BCUT2D eigenvalue weighted by atomic mass is 10.0. The summed E-state index contributed by atoms with van der Waals surface area (Å²) < 4.78 is 30.9. The molecule has 34 heavy (non-hydrogen) atoms. The molecule has 1 atom stereocenters. The Hall–Kier alpha value is -2.73. The van der Waals surface area contributed by atoms with Gasteiger partial charge in [0.1, 0.15) is 0 Å². The molecule has 0 bridgehead atoms. The molecular weight excluding hydrogens is 466 g/mol. The summed E-state index contributed by atoms with van der Waals surface area (Å²) in [6, 6.07) is 10.3. The van der Waals surface area contributed by atoms with Gasteiger partial charge in [0, 0.05) is 18.2 Å². The second kappa shape index (κ2) is 9.87. The second-order valence-electron chi connectivity index (χ2n) is 8.72. The van der Waals surface area contributed by atoms with E-state index in [0.717, 1.165) is 47.0 Å². The molecule has 1 aromatic heterocycles. The number of carbonyl (C=O) groups is 1. The average Bonchev–Trinajstić information content (AvgIpc) is 3.16. The Bertz CT molecular complexity index is 1440. The van der Waals surface area contributed by atoms with E-state index in [9.17, 15) is 13.2 Å². The van der Waals surface area contributed by atoms with Gasteiger partial charge in [-0.15, -0.1) is 6.42 Å². The summed E-state index contributed by atoms with van der Waals surface area (Å²) >= 11 is 1.42. The highest BCUT2D eigenvalue weighted by Crippen LogP contribution is 2.27. The Morgan fingerprint density at radius 2 is 1.94 bits per heavy atom. The van der Waals surface area contributed by atoms with Crippen molar-refractivity contribution in [3.63, 3.8) is 0 Å². The summed E-state index contributed by atoms with van der Waals surface area (Å²) in [5, 5.41) is 0. The predicted molar refractivity (Wildman–Crippen MR) is 136 cm³/mol. The monoisotopic (exact) mass is 495 g/mol. The second-order valence-corrected chi connectivity index (χ2v) is 11.6. The van der Waals surface area contributed by atoms with E-state index in [0.29, 0.717) is 23.5 Å². The van der Waals surface area contributed by atoms with Crippen molar-refractivity contribution in [1.29, 1.82) is 0 Å². The molecule has 2 aromatic carbocycles. The molecule has 0 radical (unpaired) electrons. The van der Waals surface area contributed by atoms with Crippen LogP contribution in [0.3, 0.4) is 0 Å². The van der Waals surface area contributed by atoms with Crippen LogP contribution in [0.25, 0.3) is 10.2 Å². The number of thiazole rings is 1. The average molecular weight is 496 g/mol. The third-order valence-electron chi connectivity index (χ3n) is 6.31. The van der Waals surface area contributed by atoms with Crippen molar-refractivity contribution < 1.29 is 13.2 Å². The Morgan fingerprint density at radius 1 is 1.21 bits per heavy atom. The summed E-state index contributed by atoms with van der Waals surface area (Å²) in [5.74, 6) is 2.22. The lowest BCUT2D eigenvalue weighted by Gasteiger charge is -2.34. The van der Waals surface area contributed by atoms with E-state index in [1.54, 1.807) is 4.31 Å². The number of piperidine rings is 1. The smallest absolute Gasteiger partial charge is 0.279 e. The fourth-order valence-electron chi connectivity index (χ4n) is 4.67. The molecule has 0 saturated carbocycles. The van der Waals surface area contributed by atoms with Crippen LogP contribution in [0.1, 0.15) is 54.1 Å². The van der Waals surface area contributed by atoms with Crippen LogP contribution in [0, 0.1) is 26.2 Å². The Balaban J connectivity index is 1.68. The van der Waals surface area contributed by atoms with Gasteiger partial charge in [-0.05, 0) is 74.6 Å². The number of hydrogen-bond acceptors (Lipinski definition) is 4. The molecule has 6 nitrogen and oxygen atoms in total. The van der Waals surface area contributed by atoms with Gasteiger partial charge in [-0.3, -0.25) is 4.79 Å². The third kappa shape index (κ3) is 4.61. The summed E-state index contributed by atoms with van der Waals surface area (Å²) in [7, 11) is -3.60. The van der Waals surface area contributed by atoms with Crippen LogP contribution in [0.2, 0.25) is 0 Å². The zero-order valence-corrected chi connectivity index (χ0v) is 21.4. The van der Waals surface area contributed by atoms with Crippen LogP contribution < -0.4 is 4.80 Å². The molecule has 0 spiro atoms. The number of benzene rings is 2. The molecular formula is C26H29N3O3S2. The van der Waals surface area contributed by atoms with Gasteiger partial charge in [0.25, 0.3) is 5.91 Å². The Labute approximate surface area is 205 Å². The minimum absolute atomic E-state index is 0.0294. The number of rotatable bonds is 5. The molecule has 0 aliphatic carbocycles. The summed E-state index contributed by atoms with van der Waals surface area (Å²) in [6.45, 7) is 6.91. The zero-order chi connectivity index (χ0) is 24.5. The standard InChI is InChI=1S/C26H29N3O3S2/c1-5-14-28-24-19(4)16-18(3)17-23(24)33-26(28)27-25(30)20-10-12-22(13-11-20)34(31,32)29-15-8-7-9-21(29)6-2/h1,10-13,16-17,21H,6-9,14-15H2,2-4H3. The van der Waals surface area contributed by atoms with Crippen LogP contribution in [-0.2, 0) is 16.6 Å². The van der Waals surface area contributed by atoms with E-state index in [-0.39, 0.29) is 10.9 Å². The van der Waals surface area contributed by atoms with Crippen LogP contribution in [-0.4, -0.2) is 35.8 Å². The maximum atomic E-state index is 13.2. The minimum Gasteiger partial charge on any atom is -0.304 e. The number of amides is 1. The van der Waals surface area contributed by atoms with Gasteiger partial charge in [0.15, 0.2) is 4.80 Å². The van der Waals surface area contributed by atoms with Crippen molar-refractivity contribution in [2.75, 3.05) is 6.54 Å². The summed E-state index contributed by atoms with van der Waals surface area (Å²) in [4.78, 5) is 18.1. The van der Waals surface area contributed by atoms with E-state index in [1.165, 1.54) is 35.6 Å². The van der Waals surface area contributed by atoms with E-state index < -0.39 is 15.9 Å². The number of nitrogens with zero attached hydrogens (tertiary/aromatic N) is 3. The first-order valence-corrected chi connectivity index (χ1v) is 13.8. The fourth-order valence-corrected chi connectivity index (χ4v) is 7.64. The number of hydrogen-bond donors (Lipinski definition) is 0. The van der Waals surface area contributed by atoms with Gasteiger partial charge in [-0.1, -0.05) is 36.7 Å². The lowest BCUT2D eigenvalue weighted by Crippen LogP contribution is -2.43. The fraction of sp³-hybridized carbons (Fsp3) is 0.385. The summed E-state index contributed by atoms with van der Waals surface area (Å²) in [5.41, 5.74) is 3.52. The van der Waals surface area contributed by atoms with E-state index >= 15 is 0 Å². The largest absolute Gasteiger partial charge is 0.304 e. The van der Waals surface area contributed by atoms with Crippen LogP contribution in [0.4, 0.5) is 0 Å². The molecule has 0 N–H and O–H groups in total. The molecule has 2 heterocycles. The molecule has 1 amide bonds. The van der Waals surface area contributed by atoms with Gasteiger partial charge in [0.05, 0.1) is 21.7 Å². The predicted octanol–water partition coefficient (Wildman–Crippen LogP) is 4.65. The van der Waals surface area contributed by atoms with Gasteiger partial charge in [0.2, 0.25) is 10.0 Å². The number of aryl methyl sites for hydroxylation is 2. The highest BCUT2D eigenvalue weighted by molar-refractivity contribution is 7.89. The summed E-state index contributed by atoms with van der Waals surface area (Å²) in [6.07, 6.45) is 9.19. The van der Waals surface area contributed by atoms with Crippen LogP contribution in [0.15, 0.2) is 46.3 Å². The van der Waals surface area contributed by atoms with Crippen molar-refractivity contribution in [3.05, 3.63) is 57.9 Å². The molecule has 8 heteroatoms. The maximum Gasteiger partial charge on any atom is 0.279 e. The molecule has 1 aliphatic rings. The highest BCUT2D eigenvalue weighted by Gasteiger charge is 2.32. The molecule has 4 rings (SSSR count). The molecule has 3 aromatic rings. The van der Waals surface area contributed by atoms with Crippen molar-refractivity contribution in [3.8, 4) is 12.3 Å². The number of sulfonamides is 1. The molecule has 178 valence electrons. The molecule has 1 saturated heterocycles. The minimum atomic E-state index is -3.60. The van der Waals surface area contributed by atoms with E-state index in [2.05, 4.69) is 23.0 Å². The number of aromatic nitrogens is 1. The van der Waals surface area contributed by atoms with Gasteiger partial charge in [-0.25, -0.2) is 8.42 Å². The lowest BCUT2D eigenvalue weighted by molar-refractivity contribution is 0.0997. The third-order valence-corrected chi connectivity index (χ3v) is 9.30. The Kier molecular flexibility index (Phi) is 7.08. The van der Waals surface area contributed by atoms with Gasteiger partial charge < -0.3 is 4.57 Å². The number of carbonyl (C=O) groups excluding carboxylic acids is 1. The normalized spacial score (nSPS) is 17.7.